The number of carbonyl (C=O) groups is 1. The van der Waals surface area contributed by atoms with Crippen molar-refractivity contribution in [2.75, 3.05) is 17.2 Å². The molecule has 0 saturated carbocycles. The Morgan fingerprint density at radius 1 is 1.10 bits per heavy atom. The number of rotatable bonds is 4. The second kappa shape index (κ2) is 6.57. The molecule has 2 aromatic rings. The third-order valence-electron chi connectivity index (χ3n) is 2.86. The smallest absolute Gasteiger partial charge is 0.243 e. The van der Waals surface area contributed by atoms with Gasteiger partial charge in [0.15, 0.2) is 0 Å². The Kier molecular flexibility index (Phi) is 4.79. The molecular formula is C16H17BrN2O. The molecule has 0 unspecified atom stereocenters. The van der Waals surface area contributed by atoms with E-state index in [0.29, 0.717) is 0 Å². The SMILES string of the molecule is Cc1cccc(NC(=O)CNc2cc(C)ccc2Br)c1. The van der Waals surface area contributed by atoms with E-state index in [1.54, 1.807) is 0 Å². The Morgan fingerprint density at radius 3 is 2.60 bits per heavy atom. The maximum Gasteiger partial charge on any atom is 0.243 e. The van der Waals surface area contributed by atoms with Gasteiger partial charge in [-0.1, -0.05) is 18.2 Å². The van der Waals surface area contributed by atoms with Gasteiger partial charge in [0.05, 0.1) is 6.54 Å². The summed E-state index contributed by atoms with van der Waals surface area (Å²) in [6.07, 6.45) is 0. The van der Waals surface area contributed by atoms with Crippen LogP contribution in [-0.2, 0) is 4.79 Å². The van der Waals surface area contributed by atoms with Crippen molar-refractivity contribution < 1.29 is 4.79 Å². The van der Waals surface area contributed by atoms with E-state index >= 15 is 0 Å². The predicted octanol–water partition coefficient (Wildman–Crippen LogP) is 4.12. The Balaban J connectivity index is 1.94. The summed E-state index contributed by atoms with van der Waals surface area (Å²) in [5.74, 6) is -0.0657. The summed E-state index contributed by atoms with van der Waals surface area (Å²) < 4.78 is 0.950. The van der Waals surface area contributed by atoms with Crippen molar-refractivity contribution in [3.05, 3.63) is 58.1 Å². The minimum atomic E-state index is -0.0657. The minimum absolute atomic E-state index is 0.0657. The maximum absolute atomic E-state index is 11.9. The van der Waals surface area contributed by atoms with Crippen molar-refractivity contribution >= 4 is 33.2 Å². The average Bonchev–Trinajstić information content (AvgIpc) is 2.40. The molecule has 104 valence electrons. The lowest BCUT2D eigenvalue weighted by Gasteiger charge is -2.10. The number of hydrogen-bond acceptors (Lipinski definition) is 2. The van der Waals surface area contributed by atoms with Crippen LogP contribution in [0.3, 0.4) is 0 Å². The Morgan fingerprint density at radius 2 is 1.85 bits per heavy atom. The molecule has 2 aromatic carbocycles. The molecule has 0 fully saturated rings. The normalized spacial score (nSPS) is 10.2. The van der Waals surface area contributed by atoms with E-state index in [1.807, 2.05) is 56.3 Å². The van der Waals surface area contributed by atoms with Crippen molar-refractivity contribution in [1.29, 1.82) is 0 Å². The van der Waals surface area contributed by atoms with Crippen LogP contribution in [0.15, 0.2) is 46.9 Å². The van der Waals surface area contributed by atoms with E-state index in [2.05, 4.69) is 26.6 Å². The third-order valence-corrected chi connectivity index (χ3v) is 3.55. The number of carbonyl (C=O) groups excluding carboxylic acids is 1. The number of anilines is 2. The molecule has 0 aliphatic rings. The van der Waals surface area contributed by atoms with Crippen molar-refractivity contribution in [3.8, 4) is 0 Å². The topological polar surface area (TPSA) is 41.1 Å². The van der Waals surface area contributed by atoms with E-state index in [9.17, 15) is 4.79 Å². The molecule has 1 amide bonds. The van der Waals surface area contributed by atoms with Crippen LogP contribution in [0.5, 0.6) is 0 Å². The molecule has 0 aliphatic carbocycles. The first-order valence-electron chi connectivity index (χ1n) is 6.41. The van der Waals surface area contributed by atoms with Gasteiger partial charge in [0.2, 0.25) is 5.91 Å². The van der Waals surface area contributed by atoms with Crippen LogP contribution >= 0.6 is 15.9 Å². The van der Waals surface area contributed by atoms with Crippen LogP contribution in [0.4, 0.5) is 11.4 Å². The minimum Gasteiger partial charge on any atom is -0.375 e. The summed E-state index contributed by atoms with van der Waals surface area (Å²) in [7, 11) is 0. The summed E-state index contributed by atoms with van der Waals surface area (Å²) in [5, 5.41) is 6.00. The van der Waals surface area contributed by atoms with Crippen molar-refractivity contribution in [3.63, 3.8) is 0 Å². The quantitative estimate of drug-likeness (QED) is 0.884. The van der Waals surface area contributed by atoms with Gasteiger partial charge in [-0.15, -0.1) is 0 Å². The summed E-state index contributed by atoms with van der Waals surface area (Å²) >= 11 is 3.46. The van der Waals surface area contributed by atoms with E-state index in [0.717, 1.165) is 27.0 Å². The van der Waals surface area contributed by atoms with Gasteiger partial charge in [-0.2, -0.15) is 0 Å². The Labute approximate surface area is 127 Å². The largest absolute Gasteiger partial charge is 0.375 e. The molecule has 0 atom stereocenters. The fourth-order valence-electron chi connectivity index (χ4n) is 1.88. The Bertz CT molecular complexity index is 626. The molecule has 0 heterocycles. The predicted molar refractivity (Wildman–Crippen MR) is 87.2 cm³/mol. The highest BCUT2D eigenvalue weighted by Crippen LogP contribution is 2.23. The van der Waals surface area contributed by atoms with Crippen LogP contribution in [0.25, 0.3) is 0 Å². The highest BCUT2D eigenvalue weighted by Gasteiger charge is 2.04. The zero-order chi connectivity index (χ0) is 14.5. The van der Waals surface area contributed by atoms with Gasteiger partial charge in [-0.25, -0.2) is 0 Å². The molecule has 0 saturated heterocycles. The number of halogens is 1. The number of hydrogen-bond donors (Lipinski definition) is 2. The number of nitrogens with one attached hydrogen (secondary N) is 2. The van der Waals surface area contributed by atoms with Crippen molar-refractivity contribution in [1.82, 2.24) is 0 Å². The van der Waals surface area contributed by atoms with Crippen LogP contribution in [-0.4, -0.2) is 12.5 Å². The molecule has 0 radical (unpaired) electrons. The molecule has 2 N–H and O–H groups in total. The molecule has 0 bridgehead atoms. The van der Waals surface area contributed by atoms with Gasteiger partial charge in [0, 0.05) is 15.8 Å². The first-order chi connectivity index (χ1) is 9.54. The van der Waals surface area contributed by atoms with Crippen LogP contribution in [0.2, 0.25) is 0 Å². The Hall–Kier alpha value is -1.81. The lowest BCUT2D eigenvalue weighted by atomic mass is 10.2. The number of aryl methyl sites for hydroxylation is 2. The summed E-state index contributed by atoms with van der Waals surface area (Å²) in [4.78, 5) is 11.9. The standard InChI is InChI=1S/C16H17BrN2O/c1-11-4-3-5-13(8-11)19-16(20)10-18-15-9-12(2)6-7-14(15)17/h3-9,18H,10H2,1-2H3,(H,19,20). The van der Waals surface area contributed by atoms with E-state index in [4.69, 9.17) is 0 Å². The van der Waals surface area contributed by atoms with Gasteiger partial charge >= 0.3 is 0 Å². The van der Waals surface area contributed by atoms with Crippen LogP contribution < -0.4 is 10.6 Å². The zero-order valence-electron chi connectivity index (χ0n) is 11.5. The lowest BCUT2D eigenvalue weighted by Crippen LogP contribution is -2.21. The van der Waals surface area contributed by atoms with Gasteiger partial charge in [0.1, 0.15) is 0 Å². The van der Waals surface area contributed by atoms with Crippen molar-refractivity contribution in [2.45, 2.75) is 13.8 Å². The van der Waals surface area contributed by atoms with Crippen LogP contribution in [0, 0.1) is 13.8 Å². The van der Waals surface area contributed by atoms with Gasteiger partial charge in [-0.05, 0) is 65.2 Å². The lowest BCUT2D eigenvalue weighted by molar-refractivity contribution is -0.114. The maximum atomic E-state index is 11.9. The zero-order valence-corrected chi connectivity index (χ0v) is 13.1. The molecule has 2 rings (SSSR count). The van der Waals surface area contributed by atoms with Gasteiger partial charge in [-0.3, -0.25) is 4.79 Å². The van der Waals surface area contributed by atoms with Gasteiger partial charge in [0.25, 0.3) is 0 Å². The summed E-state index contributed by atoms with van der Waals surface area (Å²) in [6, 6.07) is 13.7. The molecule has 20 heavy (non-hydrogen) atoms. The molecule has 0 aliphatic heterocycles. The monoisotopic (exact) mass is 332 g/mol. The fraction of sp³-hybridized carbons (Fsp3) is 0.188. The highest BCUT2D eigenvalue weighted by molar-refractivity contribution is 9.10. The fourth-order valence-corrected chi connectivity index (χ4v) is 2.26. The first kappa shape index (κ1) is 14.6. The van der Waals surface area contributed by atoms with Crippen LogP contribution in [0.1, 0.15) is 11.1 Å². The molecule has 3 nitrogen and oxygen atoms in total. The van der Waals surface area contributed by atoms with E-state index < -0.39 is 0 Å². The number of amides is 1. The second-order valence-electron chi connectivity index (χ2n) is 4.75. The highest BCUT2D eigenvalue weighted by atomic mass is 79.9. The summed E-state index contributed by atoms with van der Waals surface area (Å²) in [5.41, 5.74) is 4.01. The number of benzene rings is 2. The van der Waals surface area contributed by atoms with E-state index in [-0.39, 0.29) is 12.5 Å². The van der Waals surface area contributed by atoms with Crippen molar-refractivity contribution in [2.24, 2.45) is 0 Å². The third kappa shape index (κ3) is 4.10. The van der Waals surface area contributed by atoms with E-state index in [1.165, 1.54) is 0 Å². The molecule has 0 aromatic heterocycles. The first-order valence-corrected chi connectivity index (χ1v) is 7.20. The average molecular weight is 333 g/mol. The second-order valence-corrected chi connectivity index (χ2v) is 5.61. The summed E-state index contributed by atoms with van der Waals surface area (Å²) in [6.45, 7) is 4.25. The molecule has 0 spiro atoms. The molecular weight excluding hydrogens is 316 g/mol. The molecule has 4 heteroatoms. The van der Waals surface area contributed by atoms with Gasteiger partial charge < -0.3 is 10.6 Å².